The molecule has 124 valence electrons. The van der Waals surface area contributed by atoms with E-state index in [1.54, 1.807) is 12.1 Å². The van der Waals surface area contributed by atoms with Crippen LogP contribution in [0.25, 0.3) is 11.4 Å². The van der Waals surface area contributed by atoms with Crippen LogP contribution in [0.15, 0.2) is 48.5 Å². The van der Waals surface area contributed by atoms with E-state index in [1.807, 2.05) is 18.2 Å². The average molecular weight is 326 g/mol. The summed E-state index contributed by atoms with van der Waals surface area (Å²) >= 11 is 0. The Bertz CT molecular complexity index is 804. The summed E-state index contributed by atoms with van der Waals surface area (Å²) in [5.74, 6) is 0.862. The zero-order valence-electron chi connectivity index (χ0n) is 13.4. The molecule has 1 heterocycles. The van der Waals surface area contributed by atoms with Crippen LogP contribution in [0.3, 0.4) is 0 Å². The Morgan fingerprint density at radius 2 is 2.00 bits per heavy atom. The fourth-order valence-electron chi connectivity index (χ4n) is 2.47. The molecule has 3 N–H and O–H groups in total. The maximum atomic E-state index is 14.1. The first-order valence-corrected chi connectivity index (χ1v) is 7.73. The number of rotatable bonds is 6. The fraction of sp³-hybridized carbons (Fsp3) is 0.222. The molecule has 2 aromatic carbocycles. The third-order valence-corrected chi connectivity index (χ3v) is 3.86. The first-order valence-electron chi connectivity index (χ1n) is 7.73. The number of aromatic nitrogens is 3. The molecule has 3 rings (SSSR count). The molecule has 0 aliphatic heterocycles. The van der Waals surface area contributed by atoms with Gasteiger partial charge in [-0.15, -0.1) is 0 Å². The molecular formula is C18H19FN4O. The van der Waals surface area contributed by atoms with E-state index in [0.29, 0.717) is 23.0 Å². The van der Waals surface area contributed by atoms with Gasteiger partial charge in [-0.1, -0.05) is 30.3 Å². The second kappa shape index (κ2) is 7.23. The summed E-state index contributed by atoms with van der Waals surface area (Å²) < 4.78 is 19.1. The first kappa shape index (κ1) is 16.1. The second-order valence-electron chi connectivity index (χ2n) is 5.52. The monoisotopic (exact) mass is 326 g/mol. The molecule has 24 heavy (non-hydrogen) atoms. The normalized spacial score (nSPS) is 12.1. The van der Waals surface area contributed by atoms with E-state index in [-0.39, 0.29) is 6.04 Å². The maximum absolute atomic E-state index is 14.1. The molecule has 0 aliphatic rings. The lowest BCUT2D eigenvalue weighted by atomic mass is 10.1. The zero-order chi connectivity index (χ0) is 16.9. The molecule has 6 heteroatoms. The van der Waals surface area contributed by atoms with Crippen molar-refractivity contribution in [3.05, 3.63) is 65.7 Å². The number of aryl methyl sites for hydroxylation is 1. The van der Waals surface area contributed by atoms with Crippen LogP contribution in [0.1, 0.15) is 23.9 Å². The number of halogens is 1. The highest BCUT2D eigenvalue weighted by molar-refractivity contribution is 5.57. The van der Waals surface area contributed by atoms with Gasteiger partial charge in [0.2, 0.25) is 0 Å². The van der Waals surface area contributed by atoms with Crippen LogP contribution in [-0.4, -0.2) is 22.3 Å². The van der Waals surface area contributed by atoms with Crippen molar-refractivity contribution in [2.24, 2.45) is 5.73 Å². The Balaban J connectivity index is 1.70. The number of nitrogens with one attached hydrogen (secondary N) is 1. The lowest BCUT2D eigenvalue weighted by Gasteiger charge is -2.07. The van der Waals surface area contributed by atoms with Gasteiger partial charge in [0, 0.05) is 6.07 Å². The summed E-state index contributed by atoms with van der Waals surface area (Å²) in [6.07, 6.45) is 1.57. The summed E-state index contributed by atoms with van der Waals surface area (Å²) in [6, 6.07) is 14.4. The molecular weight excluding hydrogens is 307 g/mol. The molecule has 0 bridgehead atoms. The Morgan fingerprint density at radius 1 is 1.21 bits per heavy atom. The van der Waals surface area contributed by atoms with Gasteiger partial charge < -0.3 is 10.5 Å². The summed E-state index contributed by atoms with van der Waals surface area (Å²) in [4.78, 5) is 4.34. The van der Waals surface area contributed by atoms with E-state index in [1.165, 1.54) is 18.7 Å². The van der Waals surface area contributed by atoms with Crippen molar-refractivity contribution in [2.45, 2.75) is 18.9 Å². The minimum Gasteiger partial charge on any atom is -0.497 e. The minimum atomic E-state index is -0.433. The predicted octanol–water partition coefficient (Wildman–Crippen LogP) is 3.25. The van der Waals surface area contributed by atoms with Crippen LogP contribution in [0, 0.1) is 5.82 Å². The maximum Gasteiger partial charge on any atom is 0.184 e. The quantitative estimate of drug-likeness (QED) is 0.729. The van der Waals surface area contributed by atoms with E-state index in [4.69, 9.17) is 10.5 Å². The Kier molecular flexibility index (Phi) is 4.86. The van der Waals surface area contributed by atoms with Crippen molar-refractivity contribution in [2.75, 3.05) is 7.11 Å². The summed E-state index contributed by atoms with van der Waals surface area (Å²) in [7, 11) is 1.49. The number of nitrogens with two attached hydrogens (primary N) is 1. The lowest BCUT2D eigenvalue weighted by molar-refractivity contribution is 0.411. The largest absolute Gasteiger partial charge is 0.497 e. The van der Waals surface area contributed by atoms with Crippen LogP contribution in [0.5, 0.6) is 5.75 Å². The summed E-state index contributed by atoms with van der Waals surface area (Å²) in [6.45, 7) is 0. The van der Waals surface area contributed by atoms with Crippen molar-refractivity contribution < 1.29 is 9.13 Å². The number of hydrogen-bond donors (Lipinski definition) is 2. The van der Waals surface area contributed by atoms with Crippen LogP contribution >= 0.6 is 0 Å². The smallest absolute Gasteiger partial charge is 0.184 e. The van der Waals surface area contributed by atoms with Crippen molar-refractivity contribution >= 4 is 0 Å². The molecule has 1 atom stereocenters. The Morgan fingerprint density at radius 3 is 2.71 bits per heavy atom. The number of benzene rings is 2. The van der Waals surface area contributed by atoms with E-state index >= 15 is 0 Å². The topological polar surface area (TPSA) is 76.8 Å². The zero-order valence-corrected chi connectivity index (χ0v) is 13.4. The highest BCUT2D eigenvalue weighted by Gasteiger charge is 2.15. The Hall–Kier alpha value is -2.73. The average Bonchev–Trinajstić information content (AvgIpc) is 3.10. The molecule has 0 amide bonds. The molecule has 3 aromatic rings. The van der Waals surface area contributed by atoms with Crippen LogP contribution in [0.2, 0.25) is 0 Å². The molecule has 0 fully saturated rings. The first-order chi connectivity index (χ1) is 11.7. The summed E-state index contributed by atoms with van der Waals surface area (Å²) in [5.41, 5.74) is 7.70. The molecule has 0 radical (unpaired) electrons. The van der Waals surface area contributed by atoms with E-state index < -0.39 is 5.82 Å². The molecule has 0 unspecified atom stereocenters. The predicted molar refractivity (Wildman–Crippen MR) is 90.0 cm³/mol. The van der Waals surface area contributed by atoms with Gasteiger partial charge in [-0.25, -0.2) is 9.37 Å². The van der Waals surface area contributed by atoms with Crippen LogP contribution in [-0.2, 0) is 6.42 Å². The molecule has 0 aliphatic carbocycles. The fourth-order valence-corrected chi connectivity index (χ4v) is 2.47. The number of ether oxygens (including phenoxy) is 1. The number of hydrogen-bond acceptors (Lipinski definition) is 4. The van der Waals surface area contributed by atoms with E-state index in [2.05, 4.69) is 27.3 Å². The number of H-pyrrole nitrogens is 1. The van der Waals surface area contributed by atoms with E-state index in [9.17, 15) is 4.39 Å². The molecule has 5 nitrogen and oxygen atoms in total. The van der Waals surface area contributed by atoms with Crippen molar-refractivity contribution in [1.82, 2.24) is 15.2 Å². The standard InChI is InChI=1S/C18H19FN4O/c1-24-13-8-9-14(15(19)11-13)17-21-18(23-22-17)16(20)10-7-12-5-3-2-4-6-12/h2-6,8-9,11,16H,7,10,20H2,1H3,(H,21,22,23)/t16-/m1/s1. The van der Waals surface area contributed by atoms with Crippen molar-refractivity contribution in [3.8, 4) is 17.1 Å². The van der Waals surface area contributed by atoms with Crippen LogP contribution in [0.4, 0.5) is 4.39 Å². The minimum absolute atomic E-state index is 0.284. The van der Waals surface area contributed by atoms with Crippen molar-refractivity contribution in [1.29, 1.82) is 0 Å². The van der Waals surface area contributed by atoms with Gasteiger partial charge in [0.05, 0.1) is 18.7 Å². The molecule has 0 spiro atoms. The van der Waals surface area contributed by atoms with Gasteiger partial charge in [-0.05, 0) is 30.5 Å². The molecule has 1 aromatic heterocycles. The second-order valence-corrected chi connectivity index (χ2v) is 5.52. The highest BCUT2D eigenvalue weighted by Crippen LogP contribution is 2.24. The third kappa shape index (κ3) is 3.60. The lowest BCUT2D eigenvalue weighted by Crippen LogP contribution is -2.13. The van der Waals surface area contributed by atoms with Gasteiger partial charge in [0.15, 0.2) is 5.82 Å². The number of aromatic amines is 1. The van der Waals surface area contributed by atoms with Crippen LogP contribution < -0.4 is 10.5 Å². The highest BCUT2D eigenvalue weighted by atomic mass is 19.1. The van der Waals surface area contributed by atoms with Gasteiger partial charge in [0.1, 0.15) is 17.4 Å². The van der Waals surface area contributed by atoms with Crippen molar-refractivity contribution in [3.63, 3.8) is 0 Å². The molecule has 0 saturated carbocycles. The van der Waals surface area contributed by atoms with Gasteiger partial charge in [-0.2, -0.15) is 5.10 Å². The Labute approximate surface area is 139 Å². The van der Waals surface area contributed by atoms with Gasteiger partial charge >= 0.3 is 0 Å². The SMILES string of the molecule is COc1ccc(-c2n[nH]c([C@H](N)CCc3ccccc3)n2)c(F)c1. The van der Waals surface area contributed by atoms with Gasteiger partial charge in [-0.3, -0.25) is 5.10 Å². The van der Waals surface area contributed by atoms with Gasteiger partial charge in [0.25, 0.3) is 0 Å². The number of methoxy groups -OCH3 is 1. The number of nitrogens with zero attached hydrogens (tertiary/aromatic N) is 2. The van der Waals surface area contributed by atoms with E-state index in [0.717, 1.165) is 12.8 Å². The summed E-state index contributed by atoms with van der Waals surface area (Å²) in [5, 5.41) is 6.89. The molecule has 0 saturated heterocycles. The third-order valence-electron chi connectivity index (χ3n) is 3.86.